The summed E-state index contributed by atoms with van der Waals surface area (Å²) in [5, 5.41) is 9.18. The van der Waals surface area contributed by atoms with Crippen LogP contribution in [-0.2, 0) is 4.79 Å². The molecule has 5 nitrogen and oxygen atoms in total. The number of nitrogens with zero attached hydrogens (tertiary/aromatic N) is 3. The van der Waals surface area contributed by atoms with E-state index in [2.05, 4.69) is 4.98 Å². The van der Waals surface area contributed by atoms with Gasteiger partial charge in [-0.15, -0.1) is 0 Å². The minimum Gasteiger partial charge on any atom is -0.486 e. The topological polar surface area (TPSA) is 66.2 Å². The van der Waals surface area contributed by atoms with Gasteiger partial charge in [0.15, 0.2) is 0 Å². The summed E-state index contributed by atoms with van der Waals surface area (Å²) < 4.78 is 32.3. The molecule has 3 heterocycles. The smallest absolute Gasteiger partial charge is 0.252 e. The number of likely N-dealkylation sites (tertiary alicyclic amines) is 1. The van der Waals surface area contributed by atoms with Crippen molar-refractivity contribution in [2.45, 2.75) is 39.3 Å². The van der Waals surface area contributed by atoms with E-state index in [9.17, 15) is 18.8 Å². The first-order valence-electron chi connectivity index (χ1n) is 7.43. The Hall–Kier alpha value is -2.23. The Morgan fingerprint density at radius 1 is 1.52 bits per heavy atom. The Morgan fingerprint density at radius 3 is 2.83 bits per heavy atom. The van der Waals surface area contributed by atoms with Crippen molar-refractivity contribution in [3.8, 4) is 11.8 Å². The lowest BCUT2D eigenvalue weighted by molar-refractivity contribution is -0.150. The van der Waals surface area contributed by atoms with Gasteiger partial charge in [-0.3, -0.25) is 9.78 Å². The van der Waals surface area contributed by atoms with Crippen LogP contribution in [0, 0.1) is 22.7 Å². The molecule has 1 saturated heterocycles. The van der Waals surface area contributed by atoms with Crippen LogP contribution < -0.4 is 4.74 Å². The minimum atomic E-state index is -2.75. The van der Waals surface area contributed by atoms with Crippen LogP contribution in [0.4, 0.5) is 8.78 Å². The van der Waals surface area contributed by atoms with Crippen molar-refractivity contribution < 1.29 is 18.3 Å². The number of rotatable bonds is 2. The van der Waals surface area contributed by atoms with Crippen molar-refractivity contribution >= 4 is 5.91 Å². The molecule has 1 aromatic rings. The summed E-state index contributed by atoms with van der Waals surface area (Å²) in [6.45, 7) is 4.65. The van der Waals surface area contributed by atoms with E-state index in [0.29, 0.717) is 16.9 Å². The number of aromatic nitrogens is 1. The van der Waals surface area contributed by atoms with E-state index in [4.69, 9.17) is 4.74 Å². The molecule has 122 valence electrons. The van der Waals surface area contributed by atoms with E-state index >= 15 is 0 Å². The van der Waals surface area contributed by atoms with Crippen molar-refractivity contribution in [1.82, 2.24) is 9.88 Å². The Labute approximate surface area is 132 Å². The van der Waals surface area contributed by atoms with Gasteiger partial charge in [-0.25, -0.2) is 8.78 Å². The van der Waals surface area contributed by atoms with Crippen molar-refractivity contribution in [2.24, 2.45) is 11.3 Å². The Kier molecular flexibility index (Phi) is 3.51. The van der Waals surface area contributed by atoms with Crippen LogP contribution >= 0.6 is 0 Å². The van der Waals surface area contributed by atoms with Crippen LogP contribution in [0.15, 0.2) is 12.4 Å². The standard InChI is InChI=1S/C16H17F2N3O2/c1-8-11-7-21(15(22)16(2,3)14(17)18)12(8)10-6-20-5-9(4-19)13(10)23-11/h5-6,8,11-12,14H,7H2,1-3H3/t8-,11?,12-/m1/s1. The highest BCUT2D eigenvalue weighted by Crippen LogP contribution is 2.49. The molecule has 0 radical (unpaired) electrons. The monoisotopic (exact) mass is 321 g/mol. The molecule has 3 rings (SSSR count). The number of carbonyl (C=O) groups excluding carboxylic acids is 1. The van der Waals surface area contributed by atoms with Crippen molar-refractivity contribution in [3.05, 3.63) is 23.5 Å². The van der Waals surface area contributed by atoms with Gasteiger partial charge < -0.3 is 9.64 Å². The zero-order valence-corrected chi connectivity index (χ0v) is 13.1. The lowest BCUT2D eigenvalue weighted by Crippen LogP contribution is -2.44. The second-order valence-electron chi connectivity index (χ2n) is 6.66. The van der Waals surface area contributed by atoms with Gasteiger partial charge in [0.1, 0.15) is 28.9 Å². The maximum atomic E-state index is 13.2. The molecule has 23 heavy (non-hydrogen) atoms. The SMILES string of the molecule is C[C@@H]1C2CN(C(=O)C(C)(C)C(F)F)[C@H]1c1cncc(C#N)c1O2. The molecule has 0 spiro atoms. The van der Waals surface area contributed by atoms with Crippen LogP contribution in [-0.4, -0.2) is 34.9 Å². The number of alkyl halides is 2. The van der Waals surface area contributed by atoms with E-state index in [0.717, 1.165) is 0 Å². The summed E-state index contributed by atoms with van der Waals surface area (Å²) in [6.07, 6.45) is -0.105. The van der Waals surface area contributed by atoms with Gasteiger partial charge in [-0.2, -0.15) is 5.26 Å². The average Bonchev–Trinajstić information content (AvgIpc) is 2.73. The quantitative estimate of drug-likeness (QED) is 0.839. The molecular weight excluding hydrogens is 304 g/mol. The fraction of sp³-hybridized carbons (Fsp3) is 0.562. The molecular formula is C16H17F2N3O2. The predicted molar refractivity (Wildman–Crippen MR) is 76.8 cm³/mol. The van der Waals surface area contributed by atoms with E-state index in [1.807, 2.05) is 13.0 Å². The first-order chi connectivity index (χ1) is 10.8. The van der Waals surface area contributed by atoms with E-state index in [1.165, 1.54) is 24.9 Å². The normalized spacial score (nSPS) is 25.8. The number of carbonyl (C=O) groups is 1. The fourth-order valence-corrected chi connectivity index (χ4v) is 3.27. The van der Waals surface area contributed by atoms with E-state index < -0.39 is 23.8 Å². The largest absolute Gasteiger partial charge is 0.486 e. The van der Waals surface area contributed by atoms with Crippen LogP contribution in [0.2, 0.25) is 0 Å². The highest BCUT2D eigenvalue weighted by atomic mass is 19.3. The summed E-state index contributed by atoms with van der Waals surface area (Å²) >= 11 is 0. The Balaban J connectivity index is 2.04. The zero-order valence-electron chi connectivity index (χ0n) is 13.1. The van der Waals surface area contributed by atoms with Crippen molar-refractivity contribution in [3.63, 3.8) is 0 Å². The van der Waals surface area contributed by atoms with Gasteiger partial charge in [-0.05, 0) is 13.8 Å². The third kappa shape index (κ3) is 2.16. The van der Waals surface area contributed by atoms with Gasteiger partial charge >= 0.3 is 0 Å². The fourth-order valence-electron chi connectivity index (χ4n) is 3.27. The molecule has 1 aromatic heterocycles. The van der Waals surface area contributed by atoms with Gasteiger partial charge in [-0.1, -0.05) is 6.92 Å². The summed E-state index contributed by atoms with van der Waals surface area (Å²) in [4.78, 5) is 18.1. The highest BCUT2D eigenvalue weighted by Gasteiger charge is 2.52. The number of pyridine rings is 1. The van der Waals surface area contributed by atoms with Crippen LogP contribution in [0.25, 0.3) is 0 Å². The van der Waals surface area contributed by atoms with Gasteiger partial charge in [0.2, 0.25) is 5.91 Å². The zero-order chi connectivity index (χ0) is 16.9. The average molecular weight is 321 g/mol. The van der Waals surface area contributed by atoms with Crippen LogP contribution in [0.1, 0.15) is 37.9 Å². The summed E-state index contributed by atoms with van der Waals surface area (Å²) in [5.41, 5.74) is -0.854. The van der Waals surface area contributed by atoms with Gasteiger partial charge in [0.05, 0.1) is 12.6 Å². The van der Waals surface area contributed by atoms with E-state index in [-0.39, 0.29) is 18.6 Å². The molecule has 0 N–H and O–H groups in total. The summed E-state index contributed by atoms with van der Waals surface area (Å²) in [5.74, 6) is -0.234. The minimum absolute atomic E-state index is 0.0457. The predicted octanol–water partition coefficient (Wildman–Crippen LogP) is 2.52. The summed E-state index contributed by atoms with van der Waals surface area (Å²) in [6, 6.07) is 1.63. The first kappa shape index (κ1) is 15.7. The molecule has 0 aromatic carbocycles. The Bertz CT molecular complexity index is 699. The number of hydrogen-bond donors (Lipinski definition) is 0. The number of ether oxygens (including phenoxy) is 1. The van der Waals surface area contributed by atoms with Gasteiger partial charge in [0, 0.05) is 23.9 Å². The van der Waals surface area contributed by atoms with Gasteiger partial charge in [0.25, 0.3) is 6.43 Å². The molecule has 0 saturated carbocycles. The third-order valence-electron chi connectivity index (χ3n) is 4.79. The third-order valence-corrected chi connectivity index (χ3v) is 4.79. The maximum Gasteiger partial charge on any atom is 0.252 e. The second-order valence-corrected chi connectivity index (χ2v) is 6.66. The maximum absolute atomic E-state index is 13.2. The summed E-state index contributed by atoms with van der Waals surface area (Å²) in [7, 11) is 0. The molecule has 1 unspecified atom stereocenters. The second kappa shape index (κ2) is 5.15. The molecule has 2 aliphatic rings. The molecule has 1 fully saturated rings. The van der Waals surface area contributed by atoms with Crippen molar-refractivity contribution in [2.75, 3.05) is 6.54 Å². The molecule has 2 aliphatic heterocycles. The Morgan fingerprint density at radius 2 is 2.22 bits per heavy atom. The van der Waals surface area contributed by atoms with E-state index in [1.54, 1.807) is 6.20 Å². The lowest BCUT2D eigenvalue weighted by atomic mass is 9.88. The lowest BCUT2D eigenvalue weighted by Gasteiger charge is -2.34. The highest BCUT2D eigenvalue weighted by molar-refractivity contribution is 5.83. The molecule has 0 aliphatic carbocycles. The van der Waals surface area contributed by atoms with Crippen LogP contribution in [0.5, 0.6) is 5.75 Å². The molecule has 3 atom stereocenters. The molecule has 1 amide bonds. The molecule has 2 bridgehead atoms. The van der Waals surface area contributed by atoms with Crippen LogP contribution in [0.3, 0.4) is 0 Å². The first-order valence-corrected chi connectivity index (χ1v) is 7.43. The number of amides is 1. The number of nitriles is 1. The molecule has 7 heteroatoms. The number of fused-ring (bicyclic) bond motifs is 4. The van der Waals surface area contributed by atoms with Crippen molar-refractivity contribution in [1.29, 1.82) is 5.26 Å². The number of hydrogen-bond acceptors (Lipinski definition) is 4. The number of halogens is 2.